The minimum Gasteiger partial charge on any atom is -0.309 e. The number of hydrogen-bond acceptors (Lipinski definition) is 4. The molecule has 1 aromatic heterocycles. The summed E-state index contributed by atoms with van der Waals surface area (Å²) >= 11 is 2.18. The van der Waals surface area contributed by atoms with Crippen molar-refractivity contribution in [3.8, 4) is 0 Å². The number of hydrogen-bond donors (Lipinski definition) is 0. The Morgan fingerprint density at radius 2 is 1.68 bits per heavy atom. The third kappa shape index (κ3) is 4.07. The van der Waals surface area contributed by atoms with E-state index >= 15 is 0 Å². The van der Waals surface area contributed by atoms with E-state index in [1.54, 1.807) is 0 Å². The maximum Gasteiger partial charge on any atom is 0.335 e. The van der Waals surface area contributed by atoms with Gasteiger partial charge in [0.25, 0.3) is 0 Å². The van der Waals surface area contributed by atoms with E-state index < -0.39 is 7.60 Å². The molecule has 0 unspecified atom stereocenters. The van der Waals surface area contributed by atoms with Gasteiger partial charge in [-0.3, -0.25) is 4.57 Å². The summed E-state index contributed by atoms with van der Waals surface area (Å²) in [4.78, 5) is 4.64. The molecule has 0 fully saturated rings. The number of halogens is 1. The van der Waals surface area contributed by atoms with Crippen LogP contribution in [0, 0.1) is 17.5 Å². The maximum absolute atomic E-state index is 12.7. The van der Waals surface area contributed by atoms with Gasteiger partial charge in [0.2, 0.25) is 0 Å². The van der Waals surface area contributed by atoms with Crippen molar-refractivity contribution in [2.45, 2.75) is 33.9 Å². The molecule has 0 saturated carbocycles. The molecule has 2 rings (SSSR count). The van der Waals surface area contributed by atoms with E-state index in [1.165, 1.54) is 11.1 Å². The van der Waals surface area contributed by atoms with E-state index in [0.29, 0.717) is 13.2 Å². The van der Waals surface area contributed by atoms with E-state index in [4.69, 9.17) is 9.05 Å². The summed E-state index contributed by atoms with van der Waals surface area (Å²) in [7, 11) is -3.11. The Labute approximate surface area is 145 Å². The lowest BCUT2D eigenvalue weighted by Crippen LogP contribution is -2.02. The predicted octanol–water partition coefficient (Wildman–Crippen LogP) is 5.22. The van der Waals surface area contributed by atoms with Crippen molar-refractivity contribution in [3.63, 3.8) is 0 Å². The van der Waals surface area contributed by atoms with Gasteiger partial charge >= 0.3 is 7.60 Å². The highest BCUT2D eigenvalue weighted by Gasteiger charge is 2.25. The molecule has 0 aliphatic heterocycles. The summed E-state index contributed by atoms with van der Waals surface area (Å²) in [5.41, 5.74) is 4.30. The molecule has 22 heavy (non-hydrogen) atoms. The second-order valence-corrected chi connectivity index (χ2v) is 8.25. The Bertz CT molecular complexity index is 723. The van der Waals surface area contributed by atoms with Crippen molar-refractivity contribution >= 4 is 41.1 Å². The van der Waals surface area contributed by atoms with Gasteiger partial charge in [-0.1, -0.05) is 0 Å². The number of aromatic nitrogens is 1. The van der Waals surface area contributed by atoms with Crippen LogP contribution < -0.4 is 0 Å². The molecular weight excluding hydrogens is 412 g/mol. The van der Waals surface area contributed by atoms with Crippen LogP contribution in [-0.4, -0.2) is 18.2 Å². The Morgan fingerprint density at radius 1 is 1.09 bits per heavy atom. The molecule has 0 aliphatic carbocycles. The molecule has 1 aromatic carbocycles. The Morgan fingerprint density at radius 3 is 2.27 bits per heavy atom. The van der Waals surface area contributed by atoms with Crippen LogP contribution in [0.2, 0.25) is 0 Å². The smallest absolute Gasteiger partial charge is 0.309 e. The zero-order valence-corrected chi connectivity index (χ0v) is 16.4. The summed E-state index contributed by atoms with van der Waals surface area (Å²) in [6, 6.07) is 6.24. The monoisotopic (exact) mass is 433 g/mol. The van der Waals surface area contributed by atoms with E-state index in [1.807, 2.05) is 19.9 Å². The average molecular weight is 433 g/mol. The van der Waals surface area contributed by atoms with Gasteiger partial charge < -0.3 is 9.05 Å². The molecule has 4 nitrogen and oxygen atoms in total. The van der Waals surface area contributed by atoms with Crippen LogP contribution >= 0.6 is 30.2 Å². The lowest BCUT2D eigenvalue weighted by molar-refractivity contribution is 0.219. The van der Waals surface area contributed by atoms with Crippen molar-refractivity contribution in [1.29, 1.82) is 0 Å². The van der Waals surface area contributed by atoms with Crippen LogP contribution in [0.3, 0.4) is 0 Å². The summed E-state index contributed by atoms with van der Waals surface area (Å²) in [5.74, 6) is 0. The molecule has 0 N–H and O–H groups in total. The highest BCUT2D eigenvalue weighted by atomic mass is 127. The molecule has 0 saturated heterocycles. The highest BCUT2D eigenvalue weighted by molar-refractivity contribution is 14.1. The van der Waals surface area contributed by atoms with Gasteiger partial charge in [-0.2, -0.15) is 0 Å². The number of aryl methyl sites for hydroxylation is 2. The fourth-order valence-electron chi connectivity index (χ4n) is 2.30. The maximum atomic E-state index is 12.7. The van der Waals surface area contributed by atoms with Crippen LogP contribution in [0.1, 0.15) is 30.5 Å². The minimum absolute atomic E-state index is 0.253. The van der Waals surface area contributed by atoms with Gasteiger partial charge in [0, 0.05) is 5.39 Å². The molecule has 0 bridgehead atoms. The van der Waals surface area contributed by atoms with E-state index in [0.717, 1.165) is 20.2 Å². The van der Waals surface area contributed by atoms with Gasteiger partial charge in [-0.25, -0.2) is 4.98 Å². The van der Waals surface area contributed by atoms with Crippen molar-refractivity contribution in [2.75, 3.05) is 13.2 Å². The van der Waals surface area contributed by atoms with Crippen LogP contribution in [-0.2, 0) is 19.8 Å². The Kier molecular flexibility index (Phi) is 6.00. The lowest BCUT2D eigenvalue weighted by atomic mass is 10.1. The Balaban J connectivity index is 2.44. The molecule has 1 heterocycles. The van der Waals surface area contributed by atoms with E-state index in [-0.39, 0.29) is 6.16 Å². The third-order valence-electron chi connectivity index (χ3n) is 3.47. The molecule has 6 heteroatoms. The number of benzene rings is 1. The van der Waals surface area contributed by atoms with E-state index in [2.05, 4.69) is 53.6 Å². The quantitative estimate of drug-likeness (QED) is 0.356. The normalized spacial score (nSPS) is 12.0. The van der Waals surface area contributed by atoms with Crippen LogP contribution in [0.15, 0.2) is 18.2 Å². The molecule has 120 valence electrons. The first-order valence-corrected chi connectivity index (χ1v) is 10.1. The average Bonchev–Trinajstić information content (AvgIpc) is 2.42. The molecule has 0 aliphatic rings. The van der Waals surface area contributed by atoms with Gasteiger partial charge in [0.1, 0.15) is 3.70 Å². The zero-order chi connectivity index (χ0) is 16.3. The SMILES string of the molecule is CCOP(=O)(Cc1cc2cc(C)c(C)cc2nc1I)OCC. The second-order valence-electron chi connectivity index (χ2n) is 5.17. The fourth-order valence-corrected chi connectivity index (χ4v) is 4.91. The summed E-state index contributed by atoms with van der Waals surface area (Å²) in [5, 5.41) is 1.05. The van der Waals surface area contributed by atoms with Crippen molar-refractivity contribution in [3.05, 3.63) is 38.6 Å². The Hall–Kier alpha value is -0.490. The highest BCUT2D eigenvalue weighted by Crippen LogP contribution is 2.51. The number of pyridine rings is 1. The minimum atomic E-state index is -3.11. The number of fused-ring (bicyclic) bond motifs is 1. The van der Waals surface area contributed by atoms with E-state index in [9.17, 15) is 4.57 Å². The lowest BCUT2D eigenvalue weighted by Gasteiger charge is -2.18. The molecular formula is C16H21INO3P. The van der Waals surface area contributed by atoms with Crippen molar-refractivity contribution < 1.29 is 13.6 Å². The molecule has 0 radical (unpaired) electrons. The van der Waals surface area contributed by atoms with Crippen LogP contribution in [0.5, 0.6) is 0 Å². The van der Waals surface area contributed by atoms with Crippen molar-refractivity contribution in [2.24, 2.45) is 0 Å². The molecule has 0 spiro atoms. The number of rotatable bonds is 6. The first-order valence-electron chi connectivity index (χ1n) is 7.33. The van der Waals surface area contributed by atoms with Crippen LogP contribution in [0.4, 0.5) is 0 Å². The topological polar surface area (TPSA) is 48.4 Å². The van der Waals surface area contributed by atoms with Gasteiger partial charge in [0.05, 0.1) is 24.9 Å². The summed E-state index contributed by atoms with van der Waals surface area (Å²) < 4.78 is 24.3. The molecule has 0 amide bonds. The second kappa shape index (κ2) is 7.39. The first-order chi connectivity index (χ1) is 10.4. The largest absolute Gasteiger partial charge is 0.335 e. The van der Waals surface area contributed by atoms with Gasteiger partial charge in [-0.05, 0) is 85.2 Å². The zero-order valence-electron chi connectivity index (χ0n) is 13.4. The molecule has 0 atom stereocenters. The first kappa shape index (κ1) is 17.9. The molecule has 2 aromatic rings. The predicted molar refractivity (Wildman–Crippen MR) is 98.5 cm³/mol. The van der Waals surface area contributed by atoms with Crippen molar-refractivity contribution in [1.82, 2.24) is 4.98 Å². The third-order valence-corrected chi connectivity index (χ3v) is 6.44. The standard InChI is InChI=1S/C16H21INO3P/c1-5-20-22(19,21-6-2)10-14-9-13-7-11(3)12(4)8-15(13)18-16(14)17/h7-9H,5-6,10H2,1-4H3. The van der Waals surface area contributed by atoms with Gasteiger partial charge in [0.15, 0.2) is 0 Å². The summed E-state index contributed by atoms with van der Waals surface area (Å²) in [6.07, 6.45) is 0.253. The summed E-state index contributed by atoms with van der Waals surface area (Å²) in [6.45, 7) is 8.54. The fraction of sp³-hybridized carbons (Fsp3) is 0.438. The van der Waals surface area contributed by atoms with Crippen LogP contribution in [0.25, 0.3) is 10.9 Å². The van der Waals surface area contributed by atoms with Gasteiger partial charge in [-0.15, -0.1) is 0 Å². The number of nitrogens with zero attached hydrogens (tertiary/aromatic N) is 1.